The highest BCUT2D eigenvalue weighted by Gasteiger charge is 2.17. The molecule has 21 heavy (non-hydrogen) atoms. The summed E-state index contributed by atoms with van der Waals surface area (Å²) in [5, 5.41) is 0. The summed E-state index contributed by atoms with van der Waals surface area (Å²) in [6.45, 7) is 8.25. The lowest BCUT2D eigenvalue weighted by atomic mass is 9.98. The molecule has 118 valence electrons. The van der Waals surface area contributed by atoms with Crippen molar-refractivity contribution < 1.29 is 4.74 Å². The first-order valence-corrected chi connectivity index (χ1v) is 8.18. The summed E-state index contributed by atoms with van der Waals surface area (Å²) in [5.74, 6) is 1.24. The zero-order valence-corrected chi connectivity index (χ0v) is 13.7. The molecule has 0 saturated carbocycles. The van der Waals surface area contributed by atoms with Crippen LogP contribution in [0.5, 0.6) is 0 Å². The van der Waals surface area contributed by atoms with Gasteiger partial charge in [0, 0.05) is 25.7 Å². The Labute approximate surface area is 129 Å². The SMILES string of the molecule is CC(C)c1ccc(C(N)CN(C)CC2CCCOC2)cc1. The highest BCUT2D eigenvalue weighted by atomic mass is 16.5. The van der Waals surface area contributed by atoms with Gasteiger partial charge in [0.2, 0.25) is 0 Å². The summed E-state index contributed by atoms with van der Waals surface area (Å²) in [5.41, 5.74) is 8.96. The van der Waals surface area contributed by atoms with E-state index >= 15 is 0 Å². The first-order chi connectivity index (χ1) is 10.1. The zero-order chi connectivity index (χ0) is 15.2. The van der Waals surface area contributed by atoms with Crippen molar-refractivity contribution in [2.24, 2.45) is 11.7 Å². The smallest absolute Gasteiger partial charge is 0.0506 e. The molecule has 0 bridgehead atoms. The molecule has 1 aromatic carbocycles. The van der Waals surface area contributed by atoms with Crippen LogP contribution in [0.25, 0.3) is 0 Å². The van der Waals surface area contributed by atoms with Crippen molar-refractivity contribution in [3.05, 3.63) is 35.4 Å². The fourth-order valence-electron chi connectivity index (χ4n) is 3.04. The highest BCUT2D eigenvalue weighted by Crippen LogP contribution is 2.19. The number of hydrogen-bond acceptors (Lipinski definition) is 3. The quantitative estimate of drug-likeness (QED) is 0.874. The first kappa shape index (κ1) is 16.5. The van der Waals surface area contributed by atoms with Crippen LogP contribution in [0.1, 0.15) is 49.8 Å². The minimum absolute atomic E-state index is 0.0840. The maximum Gasteiger partial charge on any atom is 0.0506 e. The molecule has 2 atom stereocenters. The summed E-state index contributed by atoms with van der Waals surface area (Å²) in [7, 11) is 2.16. The van der Waals surface area contributed by atoms with Gasteiger partial charge in [-0.2, -0.15) is 0 Å². The summed E-state index contributed by atoms with van der Waals surface area (Å²) in [6.07, 6.45) is 2.48. The molecular weight excluding hydrogens is 260 g/mol. The van der Waals surface area contributed by atoms with Crippen LogP contribution in [0.2, 0.25) is 0 Å². The fraction of sp³-hybridized carbons (Fsp3) is 0.667. The molecule has 0 amide bonds. The Morgan fingerprint density at radius 3 is 2.48 bits per heavy atom. The Bertz CT molecular complexity index is 410. The third-order valence-electron chi connectivity index (χ3n) is 4.36. The number of rotatable bonds is 6. The third kappa shape index (κ3) is 5.10. The topological polar surface area (TPSA) is 38.5 Å². The van der Waals surface area contributed by atoms with Gasteiger partial charge in [-0.1, -0.05) is 38.1 Å². The second-order valence-corrected chi connectivity index (χ2v) is 6.73. The highest BCUT2D eigenvalue weighted by molar-refractivity contribution is 5.26. The number of nitrogens with two attached hydrogens (primary N) is 1. The Morgan fingerprint density at radius 2 is 1.90 bits per heavy atom. The van der Waals surface area contributed by atoms with Crippen LogP contribution >= 0.6 is 0 Å². The molecule has 1 aliphatic heterocycles. The van der Waals surface area contributed by atoms with Gasteiger partial charge in [0.15, 0.2) is 0 Å². The van der Waals surface area contributed by atoms with Gasteiger partial charge in [0.25, 0.3) is 0 Å². The molecule has 0 aliphatic carbocycles. The second-order valence-electron chi connectivity index (χ2n) is 6.73. The number of nitrogens with zero attached hydrogens (tertiary/aromatic N) is 1. The van der Waals surface area contributed by atoms with Gasteiger partial charge >= 0.3 is 0 Å². The number of benzene rings is 1. The van der Waals surface area contributed by atoms with E-state index in [4.69, 9.17) is 10.5 Å². The van der Waals surface area contributed by atoms with Crippen molar-refractivity contribution in [3.8, 4) is 0 Å². The van der Waals surface area contributed by atoms with Crippen molar-refractivity contribution in [2.75, 3.05) is 33.4 Å². The number of hydrogen-bond donors (Lipinski definition) is 1. The van der Waals surface area contributed by atoms with Crippen LogP contribution in [-0.4, -0.2) is 38.3 Å². The third-order valence-corrected chi connectivity index (χ3v) is 4.36. The molecule has 1 fully saturated rings. The van der Waals surface area contributed by atoms with Crippen molar-refractivity contribution in [1.29, 1.82) is 0 Å². The predicted molar refractivity (Wildman–Crippen MR) is 88.5 cm³/mol. The average Bonchev–Trinajstić information content (AvgIpc) is 2.48. The van der Waals surface area contributed by atoms with Gasteiger partial charge in [-0.3, -0.25) is 0 Å². The van der Waals surface area contributed by atoms with E-state index in [1.165, 1.54) is 24.0 Å². The monoisotopic (exact) mass is 290 g/mol. The van der Waals surface area contributed by atoms with E-state index in [1.807, 2.05) is 0 Å². The Morgan fingerprint density at radius 1 is 1.24 bits per heavy atom. The van der Waals surface area contributed by atoms with Gasteiger partial charge < -0.3 is 15.4 Å². The van der Waals surface area contributed by atoms with E-state index < -0.39 is 0 Å². The zero-order valence-electron chi connectivity index (χ0n) is 13.7. The van der Waals surface area contributed by atoms with Gasteiger partial charge in [-0.25, -0.2) is 0 Å². The van der Waals surface area contributed by atoms with E-state index in [0.717, 1.165) is 26.3 Å². The fourth-order valence-corrected chi connectivity index (χ4v) is 3.04. The largest absolute Gasteiger partial charge is 0.381 e. The molecule has 1 aliphatic rings. The van der Waals surface area contributed by atoms with E-state index in [1.54, 1.807) is 0 Å². The van der Waals surface area contributed by atoms with Crippen molar-refractivity contribution in [3.63, 3.8) is 0 Å². The molecule has 1 aromatic rings. The maximum absolute atomic E-state index is 6.35. The van der Waals surface area contributed by atoms with Gasteiger partial charge in [0.1, 0.15) is 0 Å². The lowest BCUT2D eigenvalue weighted by Gasteiger charge is -2.28. The Balaban J connectivity index is 1.83. The summed E-state index contributed by atoms with van der Waals surface area (Å²) in [4.78, 5) is 2.35. The van der Waals surface area contributed by atoms with Crippen LogP contribution in [0.15, 0.2) is 24.3 Å². The average molecular weight is 290 g/mol. The second kappa shape index (κ2) is 7.92. The minimum atomic E-state index is 0.0840. The van der Waals surface area contributed by atoms with E-state index in [9.17, 15) is 0 Å². The first-order valence-electron chi connectivity index (χ1n) is 8.18. The summed E-state index contributed by atoms with van der Waals surface area (Å²) >= 11 is 0. The normalized spacial score (nSPS) is 21.0. The van der Waals surface area contributed by atoms with Crippen LogP contribution in [0, 0.1) is 5.92 Å². The molecule has 3 heteroatoms. The molecule has 2 unspecified atom stereocenters. The molecular formula is C18H30N2O. The molecule has 1 saturated heterocycles. The molecule has 2 rings (SSSR count). The van der Waals surface area contributed by atoms with Crippen LogP contribution in [0.4, 0.5) is 0 Å². The maximum atomic E-state index is 6.35. The van der Waals surface area contributed by atoms with E-state index in [-0.39, 0.29) is 6.04 Å². The number of likely N-dealkylation sites (N-methyl/N-ethyl adjacent to an activating group) is 1. The lowest BCUT2D eigenvalue weighted by Crippen LogP contribution is -2.35. The van der Waals surface area contributed by atoms with E-state index in [0.29, 0.717) is 11.8 Å². The molecule has 0 aromatic heterocycles. The minimum Gasteiger partial charge on any atom is -0.381 e. The molecule has 0 radical (unpaired) electrons. The van der Waals surface area contributed by atoms with Crippen LogP contribution < -0.4 is 5.73 Å². The van der Waals surface area contributed by atoms with Gasteiger partial charge in [-0.15, -0.1) is 0 Å². The summed E-state index contributed by atoms with van der Waals surface area (Å²) in [6, 6.07) is 8.85. The van der Waals surface area contributed by atoms with Crippen molar-refractivity contribution >= 4 is 0 Å². The Kier molecular flexibility index (Phi) is 6.22. The lowest BCUT2D eigenvalue weighted by molar-refractivity contribution is 0.0414. The predicted octanol–water partition coefficient (Wildman–Crippen LogP) is 3.17. The Hall–Kier alpha value is -0.900. The van der Waals surface area contributed by atoms with Crippen LogP contribution in [0.3, 0.4) is 0 Å². The molecule has 0 spiro atoms. The van der Waals surface area contributed by atoms with Gasteiger partial charge in [0.05, 0.1) is 6.61 Å². The van der Waals surface area contributed by atoms with Gasteiger partial charge in [-0.05, 0) is 42.9 Å². The molecule has 2 N–H and O–H groups in total. The van der Waals surface area contributed by atoms with Crippen molar-refractivity contribution in [1.82, 2.24) is 4.90 Å². The number of ether oxygens (including phenoxy) is 1. The van der Waals surface area contributed by atoms with Crippen LogP contribution in [-0.2, 0) is 4.74 Å². The standard InChI is InChI=1S/C18H30N2O/c1-14(2)16-6-8-17(9-7-16)18(19)12-20(3)11-15-5-4-10-21-13-15/h6-9,14-15,18H,4-5,10-13,19H2,1-3H3. The van der Waals surface area contributed by atoms with E-state index in [2.05, 4.69) is 50.1 Å². The molecule has 3 nitrogen and oxygen atoms in total. The summed E-state index contributed by atoms with van der Waals surface area (Å²) < 4.78 is 5.55. The molecule has 1 heterocycles. The van der Waals surface area contributed by atoms with Crippen molar-refractivity contribution in [2.45, 2.75) is 38.6 Å².